The van der Waals surface area contributed by atoms with Gasteiger partial charge in [-0.3, -0.25) is 0 Å². The van der Waals surface area contributed by atoms with Gasteiger partial charge in [0.2, 0.25) is 6.43 Å². The molecule has 0 aliphatic rings. The molecule has 2 aromatic rings. The summed E-state index contributed by atoms with van der Waals surface area (Å²) in [6, 6.07) is 16.9. The second kappa shape index (κ2) is 7.36. The van der Waals surface area contributed by atoms with E-state index in [0.717, 1.165) is 11.3 Å². The van der Waals surface area contributed by atoms with E-state index >= 15 is 0 Å². The Morgan fingerprint density at radius 1 is 0.955 bits per heavy atom. The summed E-state index contributed by atoms with van der Waals surface area (Å²) in [6.07, 6.45) is -2.40. The quantitative estimate of drug-likeness (QED) is 0.692. The molecule has 0 heterocycles. The smallest absolute Gasteiger partial charge is 0.245 e. The van der Waals surface area contributed by atoms with Crippen LogP contribution < -0.4 is 4.74 Å². The van der Waals surface area contributed by atoms with Gasteiger partial charge in [-0.05, 0) is 29.8 Å². The molecule has 0 bridgehead atoms. The average Bonchev–Trinajstić information content (AvgIpc) is 2.48. The van der Waals surface area contributed by atoms with E-state index in [2.05, 4.69) is 0 Å². The van der Waals surface area contributed by atoms with Gasteiger partial charge in [-0.15, -0.1) is 0 Å². The maximum Gasteiger partial charge on any atom is 0.245 e. The highest BCUT2D eigenvalue weighted by atomic mass is 19.3. The van der Waals surface area contributed by atoms with Gasteiger partial charge in [-0.1, -0.05) is 44.2 Å². The summed E-state index contributed by atoms with van der Waals surface area (Å²) in [7, 11) is 0. The SMILES string of the molecule is CC(C)(COCc1cccc(Oc2ccccc2)c1)C(F)F. The van der Waals surface area contributed by atoms with E-state index in [1.165, 1.54) is 13.8 Å². The summed E-state index contributed by atoms with van der Waals surface area (Å²) in [5, 5.41) is 0. The average molecular weight is 306 g/mol. The molecule has 0 saturated heterocycles. The largest absolute Gasteiger partial charge is 0.457 e. The Hall–Kier alpha value is -1.94. The number of hydrogen-bond donors (Lipinski definition) is 0. The van der Waals surface area contributed by atoms with Crippen molar-refractivity contribution in [2.24, 2.45) is 5.41 Å². The van der Waals surface area contributed by atoms with Crippen LogP contribution in [0.1, 0.15) is 19.4 Å². The molecular weight excluding hydrogens is 286 g/mol. The fourth-order valence-corrected chi connectivity index (χ4v) is 1.82. The van der Waals surface area contributed by atoms with E-state index < -0.39 is 11.8 Å². The third-order valence-electron chi connectivity index (χ3n) is 3.21. The molecule has 0 aliphatic heterocycles. The van der Waals surface area contributed by atoms with Crippen LogP contribution in [-0.4, -0.2) is 13.0 Å². The minimum atomic E-state index is -2.40. The molecule has 0 fully saturated rings. The van der Waals surface area contributed by atoms with Crippen LogP contribution in [0, 0.1) is 5.41 Å². The zero-order valence-corrected chi connectivity index (χ0v) is 12.8. The van der Waals surface area contributed by atoms with Crippen molar-refractivity contribution in [3.05, 3.63) is 60.2 Å². The normalized spacial score (nSPS) is 11.7. The third kappa shape index (κ3) is 4.81. The molecule has 0 saturated carbocycles. The first-order valence-corrected chi connectivity index (χ1v) is 7.15. The highest BCUT2D eigenvalue weighted by Crippen LogP contribution is 2.26. The maximum atomic E-state index is 12.7. The Balaban J connectivity index is 1.92. The summed E-state index contributed by atoms with van der Waals surface area (Å²) >= 11 is 0. The molecular formula is C18H20F2O2. The lowest BCUT2D eigenvalue weighted by molar-refractivity contribution is -0.0479. The molecule has 0 aromatic heterocycles. The first-order valence-electron chi connectivity index (χ1n) is 7.15. The number of rotatable bonds is 7. The van der Waals surface area contributed by atoms with Crippen LogP contribution in [0.15, 0.2) is 54.6 Å². The molecule has 4 heteroatoms. The van der Waals surface area contributed by atoms with Crippen LogP contribution in [0.4, 0.5) is 8.78 Å². The predicted molar refractivity (Wildman–Crippen MR) is 82.4 cm³/mol. The topological polar surface area (TPSA) is 18.5 Å². The van der Waals surface area contributed by atoms with E-state index in [1.807, 2.05) is 54.6 Å². The first kappa shape index (κ1) is 16.4. The third-order valence-corrected chi connectivity index (χ3v) is 3.21. The maximum absolute atomic E-state index is 12.7. The lowest BCUT2D eigenvalue weighted by Gasteiger charge is -2.23. The van der Waals surface area contributed by atoms with Gasteiger partial charge in [0.1, 0.15) is 11.5 Å². The molecule has 2 aromatic carbocycles. The van der Waals surface area contributed by atoms with Crippen molar-refractivity contribution in [1.82, 2.24) is 0 Å². The van der Waals surface area contributed by atoms with E-state index in [9.17, 15) is 8.78 Å². The summed E-state index contributed by atoms with van der Waals surface area (Å²) in [5.41, 5.74) is -0.253. The highest BCUT2D eigenvalue weighted by molar-refractivity contribution is 5.33. The molecule has 2 nitrogen and oxygen atoms in total. The van der Waals surface area contributed by atoms with Gasteiger partial charge in [-0.25, -0.2) is 8.78 Å². The van der Waals surface area contributed by atoms with Gasteiger partial charge in [0.05, 0.1) is 13.2 Å². The number of alkyl halides is 2. The van der Waals surface area contributed by atoms with Crippen LogP contribution in [-0.2, 0) is 11.3 Å². The molecule has 0 amide bonds. The standard InChI is InChI=1S/C18H20F2O2/c1-18(2,17(19)20)13-21-12-14-7-6-10-16(11-14)22-15-8-4-3-5-9-15/h3-11,17H,12-13H2,1-2H3. The minimum absolute atomic E-state index is 0.00837. The van der Waals surface area contributed by atoms with Gasteiger partial charge in [0.25, 0.3) is 0 Å². The van der Waals surface area contributed by atoms with Crippen molar-refractivity contribution in [2.75, 3.05) is 6.61 Å². The van der Waals surface area contributed by atoms with Crippen LogP contribution in [0.2, 0.25) is 0 Å². The Kier molecular flexibility index (Phi) is 5.50. The molecule has 0 unspecified atom stereocenters. The van der Waals surface area contributed by atoms with Crippen molar-refractivity contribution in [3.63, 3.8) is 0 Å². The summed E-state index contributed by atoms with van der Waals surface area (Å²) in [5.74, 6) is 1.44. The second-order valence-corrected chi connectivity index (χ2v) is 5.84. The lowest BCUT2D eigenvalue weighted by atomic mass is 9.96. The number of hydrogen-bond acceptors (Lipinski definition) is 2. The van der Waals surface area contributed by atoms with Crippen LogP contribution in [0.25, 0.3) is 0 Å². The van der Waals surface area contributed by atoms with Crippen molar-refractivity contribution in [3.8, 4) is 11.5 Å². The molecule has 0 atom stereocenters. The van der Waals surface area contributed by atoms with Gasteiger partial charge < -0.3 is 9.47 Å². The molecule has 0 N–H and O–H groups in total. The molecule has 22 heavy (non-hydrogen) atoms. The fraction of sp³-hybridized carbons (Fsp3) is 0.333. The number of para-hydroxylation sites is 1. The zero-order chi connectivity index (χ0) is 16.0. The zero-order valence-electron chi connectivity index (χ0n) is 12.8. The van der Waals surface area contributed by atoms with Crippen LogP contribution in [0.3, 0.4) is 0 Å². The summed E-state index contributed by atoms with van der Waals surface area (Å²) in [6.45, 7) is 3.27. The summed E-state index contributed by atoms with van der Waals surface area (Å²) in [4.78, 5) is 0. The summed E-state index contributed by atoms with van der Waals surface area (Å²) < 4.78 is 36.6. The Morgan fingerprint density at radius 3 is 2.32 bits per heavy atom. The van der Waals surface area contributed by atoms with Gasteiger partial charge in [0.15, 0.2) is 0 Å². The van der Waals surface area contributed by atoms with Gasteiger partial charge in [-0.2, -0.15) is 0 Å². The molecule has 0 spiro atoms. The molecule has 0 aliphatic carbocycles. The number of halogens is 2. The molecule has 0 radical (unpaired) electrons. The fourth-order valence-electron chi connectivity index (χ4n) is 1.82. The van der Waals surface area contributed by atoms with Crippen molar-refractivity contribution in [1.29, 1.82) is 0 Å². The highest BCUT2D eigenvalue weighted by Gasteiger charge is 2.29. The van der Waals surface area contributed by atoms with Crippen molar-refractivity contribution in [2.45, 2.75) is 26.9 Å². The number of benzene rings is 2. The van der Waals surface area contributed by atoms with Crippen LogP contribution >= 0.6 is 0 Å². The Labute approximate surface area is 129 Å². The Bertz CT molecular complexity index is 583. The van der Waals surface area contributed by atoms with Crippen molar-refractivity contribution >= 4 is 0 Å². The molecule has 2 rings (SSSR count). The van der Waals surface area contributed by atoms with Crippen LogP contribution in [0.5, 0.6) is 11.5 Å². The molecule has 118 valence electrons. The second-order valence-electron chi connectivity index (χ2n) is 5.84. The van der Waals surface area contributed by atoms with Crippen molar-refractivity contribution < 1.29 is 18.3 Å². The predicted octanol–water partition coefficient (Wildman–Crippen LogP) is 5.29. The van der Waals surface area contributed by atoms with E-state index in [-0.39, 0.29) is 13.2 Å². The van der Waals surface area contributed by atoms with Gasteiger partial charge in [0, 0.05) is 5.41 Å². The number of ether oxygens (including phenoxy) is 2. The van der Waals surface area contributed by atoms with E-state index in [4.69, 9.17) is 9.47 Å². The van der Waals surface area contributed by atoms with Gasteiger partial charge >= 0.3 is 0 Å². The lowest BCUT2D eigenvalue weighted by Crippen LogP contribution is -2.27. The monoisotopic (exact) mass is 306 g/mol. The Morgan fingerprint density at radius 2 is 1.64 bits per heavy atom. The van der Waals surface area contributed by atoms with E-state index in [1.54, 1.807) is 0 Å². The van der Waals surface area contributed by atoms with E-state index in [0.29, 0.717) is 5.75 Å². The first-order chi connectivity index (χ1) is 10.5. The minimum Gasteiger partial charge on any atom is -0.457 e.